The van der Waals surface area contributed by atoms with Gasteiger partial charge in [0.15, 0.2) is 0 Å². The van der Waals surface area contributed by atoms with E-state index in [1.165, 1.54) is 6.20 Å². The highest BCUT2D eigenvalue weighted by atomic mass is 16.5. The first-order valence-corrected chi connectivity index (χ1v) is 9.73. The van der Waals surface area contributed by atoms with Crippen LogP contribution in [0.1, 0.15) is 46.2 Å². The molecule has 4 rings (SSSR count). The van der Waals surface area contributed by atoms with Crippen molar-refractivity contribution < 1.29 is 9.53 Å². The average molecular weight is 389 g/mol. The van der Waals surface area contributed by atoms with Crippen LogP contribution in [-0.4, -0.2) is 43.8 Å². The molecular formula is C22H23N5O2. The molecule has 1 aliphatic rings. The summed E-state index contributed by atoms with van der Waals surface area (Å²) in [5, 5.41) is 0. The molecule has 148 valence electrons. The number of aromatic nitrogens is 4. The van der Waals surface area contributed by atoms with E-state index in [0.29, 0.717) is 24.7 Å². The van der Waals surface area contributed by atoms with Crippen LogP contribution in [-0.2, 0) is 0 Å². The van der Waals surface area contributed by atoms with E-state index in [-0.39, 0.29) is 11.8 Å². The van der Waals surface area contributed by atoms with Gasteiger partial charge in [-0.05, 0) is 38.3 Å². The fourth-order valence-corrected chi connectivity index (χ4v) is 3.46. The second-order valence-corrected chi connectivity index (χ2v) is 7.28. The minimum atomic E-state index is -0.0949. The number of amides is 1. The normalized spacial score (nSPS) is 16.5. The van der Waals surface area contributed by atoms with Crippen LogP contribution >= 0.6 is 0 Å². The average Bonchev–Trinajstić information content (AvgIpc) is 2.76. The number of carbonyl (C=O) groups excluding carboxylic acids is 1. The van der Waals surface area contributed by atoms with Crippen molar-refractivity contribution in [2.75, 3.05) is 13.1 Å². The van der Waals surface area contributed by atoms with Crippen LogP contribution in [0.2, 0.25) is 0 Å². The largest absolute Gasteiger partial charge is 0.437 e. The van der Waals surface area contributed by atoms with Gasteiger partial charge in [-0.15, -0.1) is 0 Å². The van der Waals surface area contributed by atoms with Crippen LogP contribution in [0.15, 0.2) is 49.1 Å². The molecule has 29 heavy (non-hydrogen) atoms. The quantitative estimate of drug-likeness (QED) is 0.677. The van der Waals surface area contributed by atoms with Crippen LogP contribution in [0.5, 0.6) is 11.6 Å². The summed E-state index contributed by atoms with van der Waals surface area (Å²) in [6, 6.07) is 7.80. The number of hydrogen-bond donors (Lipinski definition) is 0. The number of hydrogen-bond acceptors (Lipinski definition) is 6. The van der Waals surface area contributed by atoms with Crippen molar-refractivity contribution in [3.8, 4) is 11.6 Å². The fourth-order valence-electron chi connectivity index (χ4n) is 3.46. The molecule has 1 amide bonds. The van der Waals surface area contributed by atoms with Gasteiger partial charge >= 0.3 is 0 Å². The Kier molecular flexibility index (Phi) is 5.46. The number of nitrogens with zero attached hydrogens (tertiary/aromatic N) is 5. The van der Waals surface area contributed by atoms with Crippen molar-refractivity contribution >= 4 is 5.91 Å². The summed E-state index contributed by atoms with van der Waals surface area (Å²) in [7, 11) is 0. The molecule has 2 aromatic heterocycles. The summed E-state index contributed by atoms with van der Waals surface area (Å²) in [6.45, 7) is 5.13. The number of para-hydroxylation sites is 1. The van der Waals surface area contributed by atoms with Gasteiger partial charge in [-0.25, -0.2) is 9.97 Å². The van der Waals surface area contributed by atoms with Gasteiger partial charge in [0.1, 0.15) is 11.4 Å². The number of aryl methyl sites for hydroxylation is 2. The van der Waals surface area contributed by atoms with E-state index in [2.05, 4.69) is 19.9 Å². The lowest BCUT2D eigenvalue weighted by Crippen LogP contribution is -2.39. The lowest BCUT2D eigenvalue weighted by atomic mass is 9.95. The maximum Gasteiger partial charge on any atom is 0.274 e. The molecule has 7 nitrogen and oxygen atoms in total. The molecule has 3 aromatic rings. The highest BCUT2D eigenvalue weighted by molar-refractivity contribution is 5.92. The minimum absolute atomic E-state index is 0.0949. The second kappa shape index (κ2) is 8.34. The van der Waals surface area contributed by atoms with Gasteiger partial charge in [0, 0.05) is 31.4 Å². The minimum Gasteiger partial charge on any atom is -0.437 e. The van der Waals surface area contributed by atoms with Crippen LogP contribution in [0.25, 0.3) is 0 Å². The van der Waals surface area contributed by atoms with Gasteiger partial charge < -0.3 is 9.64 Å². The summed E-state index contributed by atoms with van der Waals surface area (Å²) < 4.78 is 5.92. The molecule has 3 heterocycles. The van der Waals surface area contributed by atoms with Gasteiger partial charge in [-0.1, -0.05) is 18.2 Å². The smallest absolute Gasteiger partial charge is 0.274 e. The Morgan fingerprint density at radius 3 is 2.76 bits per heavy atom. The van der Waals surface area contributed by atoms with Crippen LogP contribution in [0, 0.1) is 13.8 Å². The Balaban J connectivity index is 1.49. The van der Waals surface area contributed by atoms with E-state index < -0.39 is 0 Å². The van der Waals surface area contributed by atoms with Gasteiger partial charge in [0.05, 0.1) is 23.8 Å². The number of benzene rings is 1. The Bertz CT molecular complexity index is 1010. The molecule has 0 aliphatic carbocycles. The Hall–Kier alpha value is -3.35. The molecule has 7 heteroatoms. The lowest BCUT2D eigenvalue weighted by Gasteiger charge is -2.32. The van der Waals surface area contributed by atoms with Crippen LogP contribution < -0.4 is 4.74 Å². The fraction of sp³-hybridized carbons (Fsp3) is 0.318. The third-order valence-corrected chi connectivity index (χ3v) is 5.07. The summed E-state index contributed by atoms with van der Waals surface area (Å²) in [5.41, 5.74) is 3.04. The van der Waals surface area contributed by atoms with Crippen molar-refractivity contribution in [2.45, 2.75) is 32.6 Å². The van der Waals surface area contributed by atoms with Crippen molar-refractivity contribution in [3.63, 3.8) is 0 Å². The Morgan fingerprint density at radius 1 is 1.10 bits per heavy atom. The zero-order chi connectivity index (χ0) is 20.2. The number of carbonyl (C=O) groups is 1. The number of piperidine rings is 1. The molecule has 1 aromatic carbocycles. The Labute approximate surface area is 169 Å². The number of ether oxygens (including phenoxy) is 1. The first-order valence-electron chi connectivity index (χ1n) is 9.73. The Morgan fingerprint density at radius 2 is 1.97 bits per heavy atom. The number of rotatable bonds is 4. The van der Waals surface area contributed by atoms with Crippen LogP contribution in [0.3, 0.4) is 0 Å². The van der Waals surface area contributed by atoms with E-state index in [9.17, 15) is 4.79 Å². The van der Waals surface area contributed by atoms with E-state index in [0.717, 1.165) is 35.5 Å². The van der Waals surface area contributed by atoms with E-state index in [4.69, 9.17) is 4.74 Å². The standard InChI is InChI=1S/C22H23N5O2/c1-15-6-3-4-8-20(15)29-21-13-23-11-18(26-21)17-7-5-9-27(14-17)22(28)19-12-24-16(2)10-25-19/h3-4,6,8,10-13,17H,5,7,9,14H2,1-2H3. The van der Waals surface area contributed by atoms with Crippen molar-refractivity contribution in [3.05, 3.63) is 71.7 Å². The van der Waals surface area contributed by atoms with Crippen molar-refractivity contribution in [1.82, 2.24) is 24.8 Å². The van der Waals surface area contributed by atoms with Gasteiger partial charge in [-0.3, -0.25) is 14.8 Å². The first-order chi connectivity index (χ1) is 14.1. The molecule has 0 saturated carbocycles. The molecular weight excluding hydrogens is 366 g/mol. The molecule has 1 unspecified atom stereocenters. The van der Waals surface area contributed by atoms with Crippen molar-refractivity contribution in [2.24, 2.45) is 0 Å². The molecule has 1 aliphatic heterocycles. The van der Waals surface area contributed by atoms with Gasteiger partial charge in [0.25, 0.3) is 5.91 Å². The third-order valence-electron chi connectivity index (χ3n) is 5.07. The maximum absolute atomic E-state index is 12.8. The van der Waals surface area contributed by atoms with Crippen molar-refractivity contribution in [1.29, 1.82) is 0 Å². The summed E-state index contributed by atoms with van der Waals surface area (Å²) in [6.07, 6.45) is 8.38. The predicted octanol–water partition coefficient (Wildman–Crippen LogP) is 3.70. The number of likely N-dealkylation sites (tertiary alicyclic amines) is 1. The maximum atomic E-state index is 12.8. The highest BCUT2D eigenvalue weighted by Gasteiger charge is 2.27. The molecule has 0 spiro atoms. The topological polar surface area (TPSA) is 81.1 Å². The summed E-state index contributed by atoms with van der Waals surface area (Å²) >= 11 is 0. The zero-order valence-corrected chi connectivity index (χ0v) is 16.6. The summed E-state index contributed by atoms with van der Waals surface area (Å²) in [5.74, 6) is 1.24. The zero-order valence-electron chi connectivity index (χ0n) is 16.6. The van der Waals surface area contributed by atoms with Gasteiger partial charge in [0.2, 0.25) is 5.88 Å². The molecule has 0 bridgehead atoms. The predicted molar refractivity (Wildman–Crippen MR) is 108 cm³/mol. The third kappa shape index (κ3) is 4.39. The monoisotopic (exact) mass is 389 g/mol. The molecule has 1 saturated heterocycles. The van der Waals surface area contributed by atoms with E-state index in [1.54, 1.807) is 18.6 Å². The molecule has 0 radical (unpaired) electrons. The lowest BCUT2D eigenvalue weighted by molar-refractivity contribution is 0.0699. The molecule has 1 fully saturated rings. The summed E-state index contributed by atoms with van der Waals surface area (Å²) in [4.78, 5) is 32.0. The molecule has 1 atom stereocenters. The van der Waals surface area contributed by atoms with E-state index in [1.807, 2.05) is 43.0 Å². The highest BCUT2D eigenvalue weighted by Crippen LogP contribution is 2.28. The van der Waals surface area contributed by atoms with Crippen LogP contribution in [0.4, 0.5) is 0 Å². The molecule has 0 N–H and O–H groups in total. The van der Waals surface area contributed by atoms with E-state index >= 15 is 0 Å². The van der Waals surface area contributed by atoms with Gasteiger partial charge in [-0.2, -0.15) is 0 Å². The first kappa shape index (κ1) is 19.0. The second-order valence-electron chi connectivity index (χ2n) is 7.28. The SMILES string of the molecule is Cc1cnc(C(=O)N2CCCC(c3cncc(Oc4ccccc4C)n3)C2)cn1.